The standard InChI is InChI=1S/C11H24O2Si2/c14-10(5-1-3-7-12-10)9-11(15)6-2-4-8-13-11/h1-9H2,14-15H3/p+1. The van der Waals surface area contributed by atoms with Gasteiger partial charge in [0.2, 0.25) is 0 Å². The van der Waals surface area contributed by atoms with E-state index in [0.717, 1.165) is 13.2 Å². The first-order valence-corrected chi connectivity index (χ1v) is 8.40. The van der Waals surface area contributed by atoms with Gasteiger partial charge in [0.15, 0.2) is 0 Å². The highest BCUT2D eigenvalue weighted by molar-refractivity contribution is 6.18. The van der Waals surface area contributed by atoms with Crippen molar-refractivity contribution in [2.75, 3.05) is 13.2 Å². The van der Waals surface area contributed by atoms with Gasteiger partial charge in [-0.1, -0.05) is 0 Å². The number of rotatable bonds is 2. The summed E-state index contributed by atoms with van der Waals surface area (Å²) in [7, 11) is 2.33. The molecule has 2 fully saturated rings. The lowest BCUT2D eigenvalue weighted by Crippen LogP contribution is -2.48. The molecular weight excluding hydrogens is 220 g/mol. The SMILES string of the molecule is [H+].[SiH3]C1(CC2([SiH3])CCCCO2)CCCCO1. The van der Waals surface area contributed by atoms with Crippen LogP contribution in [0.15, 0.2) is 0 Å². The normalized spacial score (nSPS) is 43.2. The maximum absolute atomic E-state index is 6.04. The zero-order valence-electron chi connectivity index (χ0n) is 11.2. The molecule has 0 spiro atoms. The number of ether oxygens (including phenoxy) is 2. The summed E-state index contributed by atoms with van der Waals surface area (Å²) in [6.07, 6.45) is 9.01. The van der Waals surface area contributed by atoms with E-state index in [1.54, 1.807) is 0 Å². The Hall–Kier alpha value is 0.354. The van der Waals surface area contributed by atoms with Crippen LogP contribution in [-0.2, 0) is 9.47 Å². The second kappa shape index (κ2) is 4.69. The van der Waals surface area contributed by atoms with Gasteiger partial charge in [-0.15, -0.1) is 0 Å². The summed E-state index contributed by atoms with van der Waals surface area (Å²) >= 11 is 0. The van der Waals surface area contributed by atoms with Gasteiger partial charge in [-0.25, -0.2) is 0 Å². The maximum atomic E-state index is 6.04. The Balaban J connectivity index is 0.00000128. The van der Waals surface area contributed by atoms with Crippen molar-refractivity contribution in [3.63, 3.8) is 0 Å². The van der Waals surface area contributed by atoms with E-state index >= 15 is 0 Å². The molecule has 0 aromatic rings. The molecule has 2 heterocycles. The second-order valence-electron chi connectivity index (χ2n) is 5.69. The summed E-state index contributed by atoms with van der Waals surface area (Å²) in [5, 5.41) is 0.495. The molecule has 2 unspecified atom stereocenters. The third kappa shape index (κ3) is 3.15. The zero-order valence-corrected chi connectivity index (χ0v) is 14.2. The van der Waals surface area contributed by atoms with E-state index in [9.17, 15) is 0 Å². The van der Waals surface area contributed by atoms with Crippen molar-refractivity contribution in [2.24, 2.45) is 0 Å². The summed E-state index contributed by atoms with van der Waals surface area (Å²) in [4.78, 5) is 0. The minimum Gasteiger partial charge on any atom is -0.379 e. The Morgan fingerprint density at radius 1 is 0.867 bits per heavy atom. The molecule has 4 heteroatoms. The summed E-state index contributed by atoms with van der Waals surface area (Å²) in [6, 6.07) is 0. The topological polar surface area (TPSA) is 18.5 Å². The first-order valence-electron chi connectivity index (χ1n) is 6.40. The summed E-state index contributed by atoms with van der Waals surface area (Å²) < 4.78 is 12.1. The quantitative estimate of drug-likeness (QED) is 0.638. The highest BCUT2D eigenvalue weighted by Gasteiger charge is 2.38. The van der Waals surface area contributed by atoms with Crippen LogP contribution in [0.4, 0.5) is 0 Å². The lowest BCUT2D eigenvalue weighted by molar-refractivity contribution is -0.0911. The van der Waals surface area contributed by atoms with Crippen LogP contribution in [0.1, 0.15) is 46.4 Å². The van der Waals surface area contributed by atoms with E-state index in [-0.39, 0.29) is 11.9 Å². The van der Waals surface area contributed by atoms with E-state index in [1.165, 1.54) is 65.4 Å². The molecular formula is C11H25O2Si2+. The molecule has 2 saturated heterocycles. The lowest BCUT2D eigenvalue weighted by atomic mass is 9.97. The molecule has 88 valence electrons. The fourth-order valence-corrected chi connectivity index (χ4v) is 6.37. The van der Waals surface area contributed by atoms with Crippen LogP contribution >= 0.6 is 0 Å². The molecule has 0 N–H and O–H groups in total. The van der Waals surface area contributed by atoms with Crippen LogP contribution in [-0.4, -0.2) is 44.1 Å². The van der Waals surface area contributed by atoms with Crippen molar-refractivity contribution in [3.05, 3.63) is 0 Å². The predicted molar refractivity (Wildman–Crippen MR) is 70.7 cm³/mol. The number of hydrogen-bond donors (Lipinski definition) is 0. The van der Waals surface area contributed by atoms with Crippen molar-refractivity contribution in [2.45, 2.75) is 55.4 Å². The van der Waals surface area contributed by atoms with Crippen LogP contribution in [0, 0.1) is 0 Å². The van der Waals surface area contributed by atoms with E-state index in [1.807, 2.05) is 0 Å². The Bertz CT molecular complexity index is 192. The van der Waals surface area contributed by atoms with Gasteiger partial charge in [0.05, 0.1) is 10.4 Å². The fraction of sp³-hybridized carbons (Fsp3) is 1.00. The molecule has 2 atom stereocenters. The van der Waals surface area contributed by atoms with E-state index in [0.29, 0.717) is 0 Å². The molecule has 2 nitrogen and oxygen atoms in total. The largest absolute Gasteiger partial charge is 1.00 e. The molecule has 0 bridgehead atoms. The van der Waals surface area contributed by atoms with Crippen molar-refractivity contribution >= 4 is 20.5 Å². The molecule has 0 aromatic carbocycles. The van der Waals surface area contributed by atoms with Crippen LogP contribution in [0.5, 0.6) is 0 Å². The van der Waals surface area contributed by atoms with Gasteiger partial charge in [0, 0.05) is 33.7 Å². The smallest absolute Gasteiger partial charge is 0.379 e. The van der Waals surface area contributed by atoms with Crippen molar-refractivity contribution in [1.29, 1.82) is 0 Å². The maximum Gasteiger partial charge on any atom is 1.00 e. The van der Waals surface area contributed by atoms with Crippen molar-refractivity contribution in [3.8, 4) is 0 Å². The average molecular weight is 245 g/mol. The van der Waals surface area contributed by atoms with Gasteiger partial charge in [-0.3, -0.25) is 0 Å². The predicted octanol–water partition coefficient (Wildman–Crippen LogP) is 0.0134. The third-order valence-corrected chi connectivity index (χ3v) is 6.13. The van der Waals surface area contributed by atoms with Gasteiger partial charge in [0.1, 0.15) is 0 Å². The second-order valence-corrected chi connectivity index (χ2v) is 9.33. The molecule has 2 rings (SSSR count). The molecule has 2 aliphatic heterocycles. The van der Waals surface area contributed by atoms with Crippen molar-refractivity contribution < 1.29 is 10.9 Å². The first kappa shape index (κ1) is 11.8. The van der Waals surface area contributed by atoms with Crippen molar-refractivity contribution in [1.82, 2.24) is 0 Å². The fourth-order valence-electron chi connectivity index (χ4n) is 3.05. The van der Waals surface area contributed by atoms with Crippen LogP contribution in [0.3, 0.4) is 0 Å². The Labute approximate surface area is 100 Å². The first-order chi connectivity index (χ1) is 7.12. The van der Waals surface area contributed by atoms with Gasteiger partial charge in [-0.05, 0) is 44.9 Å². The van der Waals surface area contributed by atoms with Crippen LogP contribution in [0.2, 0.25) is 0 Å². The van der Waals surface area contributed by atoms with Crippen LogP contribution < -0.4 is 0 Å². The summed E-state index contributed by atoms with van der Waals surface area (Å²) in [6.45, 7) is 1.97. The van der Waals surface area contributed by atoms with E-state index in [2.05, 4.69) is 0 Å². The molecule has 0 amide bonds. The third-order valence-electron chi connectivity index (χ3n) is 3.85. The Kier molecular flexibility index (Phi) is 3.70. The highest BCUT2D eigenvalue weighted by Crippen LogP contribution is 2.34. The Morgan fingerprint density at radius 2 is 1.33 bits per heavy atom. The zero-order chi connectivity index (χ0) is 10.8. The van der Waals surface area contributed by atoms with Crippen LogP contribution in [0.25, 0.3) is 0 Å². The summed E-state index contributed by atoms with van der Waals surface area (Å²) in [5.41, 5.74) is 0. The average Bonchev–Trinajstić information content (AvgIpc) is 2.18. The van der Waals surface area contributed by atoms with Gasteiger partial charge in [-0.2, -0.15) is 0 Å². The lowest BCUT2D eigenvalue weighted by Gasteiger charge is -2.43. The molecule has 0 aromatic heterocycles. The van der Waals surface area contributed by atoms with Gasteiger partial charge in [0.25, 0.3) is 0 Å². The highest BCUT2D eigenvalue weighted by atomic mass is 28.2. The van der Waals surface area contributed by atoms with Gasteiger partial charge < -0.3 is 9.47 Å². The van der Waals surface area contributed by atoms with E-state index in [4.69, 9.17) is 9.47 Å². The molecule has 0 radical (unpaired) electrons. The molecule has 15 heavy (non-hydrogen) atoms. The summed E-state index contributed by atoms with van der Waals surface area (Å²) in [5.74, 6) is 0. The van der Waals surface area contributed by atoms with E-state index < -0.39 is 0 Å². The van der Waals surface area contributed by atoms with Gasteiger partial charge >= 0.3 is 1.43 Å². The molecule has 2 aliphatic rings. The minimum absolute atomic E-state index is 0. The minimum atomic E-state index is 0. The monoisotopic (exact) mass is 245 g/mol. The molecule has 0 saturated carbocycles. The Morgan fingerprint density at radius 3 is 1.67 bits per heavy atom. The number of hydrogen-bond acceptors (Lipinski definition) is 2. The molecule has 0 aliphatic carbocycles.